The Morgan fingerprint density at radius 1 is 1.17 bits per heavy atom. The first-order valence-electron chi connectivity index (χ1n) is 8.85. The van der Waals surface area contributed by atoms with Crippen molar-refractivity contribution in [2.75, 3.05) is 26.2 Å². The molecule has 0 radical (unpaired) electrons. The van der Waals surface area contributed by atoms with Gasteiger partial charge in [-0.25, -0.2) is 4.79 Å². The van der Waals surface area contributed by atoms with Crippen LogP contribution in [0.15, 0.2) is 0 Å². The van der Waals surface area contributed by atoms with E-state index in [2.05, 4.69) is 4.90 Å². The first kappa shape index (κ1) is 17.0. The van der Waals surface area contributed by atoms with Gasteiger partial charge in [0, 0.05) is 32.2 Å². The van der Waals surface area contributed by atoms with Gasteiger partial charge in [-0.15, -0.1) is 0 Å². The van der Waals surface area contributed by atoms with Crippen LogP contribution in [-0.4, -0.2) is 70.0 Å². The molecule has 132 valence electrons. The van der Waals surface area contributed by atoms with Gasteiger partial charge < -0.3 is 25.4 Å². The maximum absolute atomic E-state index is 12.2. The van der Waals surface area contributed by atoms with E-state index >= 15 is 0 Å². The molecule has 1 unspecified atom stereocenters. The molecule has 3 N–H and O–H groups in total. The van der Waals surface area contributed by atoms with Crippen LogP contribution >= 0.6 is 0 Å². The Bertz CT molecular complexity index is 464. The number of piperidine rings is 1. The minimum atomic E-state index is -0.880. The number of carbonyl (C=O) groups excluding carboxylic acids is 1. The maximum Gasteiger partial charge on any atom is 0.410 e. The fourth-order valence-corrected chi connectivity index (χ4v) is 3.89. The topological polar surface area (TPSA) is 79.0 Å². The Hall–Kier alpha value is -0.850. The monoisotopic (exact) mass is 325 g/mol. The van der Waals surface area contributed by atoms with Gasteiger partial charge in [0.2, 0.25) is 0 Å². The molecule has 0 spiro atoms. The minimum absolute atomic E-state index is 0.330. The van der Waals surface area contributed by atoms with Crippen LogP contribution in [0.2, 0.25) is 0 Å². The smallest absolute Gasteiger partial charge is 0.410 e. The Morgan fingerprint density at radius 3 is 2.30 bits per heavy atom. The van der Waals surface area contributed by atoms with E-state index in [1.54, 1.807) is 4.90 Å². The summed E-state index contributed by atoms with van der Waals surface area (Å²) in [6, 6.07) is 0.732. The van der Waals surface area contributed by atoms with E-state index in [1.807, 2.05) is 20.8 Å². The highest BCUT2D eigenvalue weighted by Crippen LogP contribution is 2.40. The predicted molar refractivity (Wildman–Crippen MR) is 88.1 cm³/mol. The Kier molecular flexibility index (Phi) is 4.14. The summed E-state index contributed by atoms with van der Waals surface area (Å²) in [5, 5.41) is 11.2. The zero-order chi connectivity index (χ0) is 16.9. The highest BCUT2D eigenvalue weighted by molar-refractivity contribution is 5.68. The maximum atomic E-state index is 12.2. The van der Waals surface area contributed by atoms with Crippen molar-refractivity contribution >= 4 is 6.09 Å². The van der Waals surface area contributed by atoms with Crippen LogP contribution in [0.4, 0.5) is 4.79 Å². The second-order valence-corrected chi connectivity index (χ2v) is 8.61. The molecule has 2 aliphatic heterocycles. The fourth-order valence-electron chi connectivity index (χ4n) is 3.89. The summed E-state index contributed by atoms with van der Waals surface area (Å²) in [5.74, 6) is 0. The van der Waals surface area contributed by atoms with Gasteiger partial charge >= 0.3 is 6.09 Å². The quantitative estimate of drug-likeness (QED) is 0.800. The van der Waals surface area contributed by atoms with Crippen LogP contribution < -0.4 is 5.73 Å². The zero-order valence-corrected chi connectivity index (χ0v) is 14.7. The lowest BCUT2D eigenvalue weighted by molar-refractivity contribution is -0.0783. The van der Waals surface area contributed by atoms with Gasteiger partial charge in [0.15, 0.2) is 0 Å². The molecule has 1 saturated carbocycles. The van der Waals surface area contributed by atoms with Crippen molar-refractivity contribution in [3.63, 3.8) is 0 Å². The first-order valence-corrected chi connectivity index (χ1v) is 8.85. The summed E-state index contributed by atoms with van der Waals surface area (Å²) in [7, 11) is 0. The lowest BCUT2D eigenvalue weighted by atomic mass is 9.73. The average molecular weight is 325 g/mol. The van der Waals surface area contributed by atoms with E-state index in [-0.39, 0.29) is 6.09 Å². The Labute approximate surface area is 138 Å². The second-order valence-electron chi connectivity index (χ2n) is 8.61. The second kappa shape index (κ2) is 5.60. The number of ether oxygens (including phenoxy) is 1. The standard InChI is InChI=1S/C17H31N3O3/c1-15(2,3)23-14(21)20-9-6-16(18,12-20)17(22)7-10-19(11-8-17)13-4-5-13/h13,22H,4-12,18H2,1-3H3. The van der Waals surface area contributed by atoms with Gasteiger partial charge in [0.05, 0.1) is 11.1 Å². The van der Waals surface area contributed by atoms with Gasteiger partial charge in [-0.2, -0.15) is 0 Å². The van der Waals surface area contributed by atoms with Gasteiger partial charge in [-0.3, -0.25) is 0 Å². The third-order valence-corrected chi connectivity index (χ3v) is 5.57. The van der Waals surface area contributed by atoms with Crippen LogP contribution in [0.5, 0.6) is 0 Å². The van der Waals surface area contributed by atoms with Gasteiger partial charge in [-0.05, 0) is 52.9 Å². The van der Waals surface area contributed by atoms with E-state index in [1.165, 1.54) is 12.8 Å². The summed E-state index contributed by atoms with van der Waals surface area (Å²) in [6.45, 7) is 8.33. The summed E-state index contributed by atoms with van der Waals surface area (Å²) >= 11 is 0. The predicted octanol–water partition coefficient (Wildman–Crippen LogP) is 1.31. The molecule has 1 amide bonds. The van der Waals surface area contributed by atoms with Gasteiger partial charge in [-0.1, -0.05) is 0 Å². The SMILES string of the molecule is CC(C)(C)OC(=O)N1CCC(N)(C2(O)CCN(C3CC3)CC2)C1. The number of nitrogens with two attached hydrogens (primary N) is 1. The zero-order valence-electron chi connectivity index (χ0n) is 14.7. The average Bonchev–Trinajstić information content (AvgIpc) is 3.20. The summed E-state index contributed by atoms with van der Waals surface area (Å²) in [4.78, 5) is 16.4. The third-order valence-electron chi connectivity index (χ3n) is 5.57. The molecule has 1 aliphatic carbocycles. The molecule has 0 aromatic carbocycles. The number of amides is 1. The Balaban J connectivity index is 1.60. The number of nitrogens with zero attached hydrogens (tertiary/aromatic N) is 2. The molecule has 2 saturated heterocycles. The molecule has 0 aromatic rings. The largest absolute Gasteiger partial charge is 0.444 e. The van der Waals surface area contributed by atoms with Crippen LogP contribution in [0.25, 0.3) is 0 Å². The van der Waals surface area contributed by atoms with Crippen molar-refractivity contribution in [1.29, 1.82) is 0 Å². The highest BCUT2D eigenvalue weighted by Gasteiger charge is 2.54. The molecule has 3 fully saturated rings. The number of rotatable bonds is 2. The third kappa shape index (κ3) is 3.49. The molecule has 3 aliphatic rings. The molecule has 6 nitrogen and oxygen atoms in total. The minimum Gasteiger partial charge on any atom is -0.444 e. The summed E-state index contributed by atoms with van der Waals surface area (Å²) < 4.78 is 5.43. The number of hydrogen-bond donors (Lipinski definition) is 2. The number of hydrogen-bond acceptors (Lipinski definition) is 5. The highest BCUT2D eigenvalue weighted by atomic mass is 16.6. The molecule has 1 atom stereocenters. The van der Waals surface area contributed by atoms with Crippen LogP contribution in [-0.2, 0) is 4.74 Å². The van der Waals surface area contributed by atoms with Gasteiger partial charge in [0.25, 0.3) is 0 Å². The van der Waals surface area contributed by atoms with Crippen molar-refractivity contribution < 1.29 is 14.6 Å². The first-order chi connectivity index (χ1) is 10.6. The van der Waals surface area contributed by atoms with E-state index in [4.69, 9.17) is 10.5 Å². The molecule has 0 aromatic heterocycles. The van der Waals surface area contributed by atoms with Crippen LogP contribution in [0.1, 0.15) is 52.9 Å². The fraction of sp³-hybridized carbons (Fsp3) is 0.941. The van der Waals surface area contributed by atoms with Crippen LogP contribution in [0, 0.1) is 0 Å². The van der Waals surface area contributed by atoms with Crippen molar-refractivity contribution in [3.8, 4) is 0 Å². The van der Waals surface area contributed by atoms with E-state index < -0.39 is 16.7 Å². The molecule has 2 heterocycles. The molecule has 3 rings (SSSR count). The van der Waals surface area contributed by atoms with Gasteiger partial charge in [0.1, 0.15) is 5.60 Å². The summed E-state index contributed by atoms with van der Waals surface area (Å²) in [5.41, 5.74) is 4.47. The number of carbonyl (C=O) groups is 1. The van der Waals surface area contributed by atoms with Crippen molar-refractivity contribution in [2.45, 2.75) is 75.7 Å². The van der Waals surface area contributed by atoms with E-state index in [0.717, 1.165) is 19.1 Å². The Morgan fingerprint density at radius 2 is 1.78 bits per heavy atom. The molecule has 0 bridgehead atoms. The van der Waals surface area contributed by atoms with Crippen LogP contribution in [0.3, 0.4) is 0 Å². The van der Waals surface area contributed by atoms with Crippen molar-refractivity contribution in [2.24, 2.45) is 5.73 Å². The lowest BCUT2D eigenvalue weighted by Crippen LogP contribution is -2.65. The van der Waals surface area contributed by atoms with E-state index in [0.29, 0.717) is 32.4 Å². The van der Waals surface area contributed by atoms with Crippen molar-refractivity contribution in [1.82, 2.24) is 9.80 Å². The lowest BCUT2D eigenvalue weighted by Gasteiger charge is -2.47. The molecular weight excluding hydrogens is 294 g/mol. The molecule has 6 heteroatoms. The summed E-state index contributed by atoms with van der Waals surface area (Å²) in [6.07, 6.45) is 4.28. The molecule has 23 heavy (non-hydrogen) atoms. The molecular formula is C17H31N3O3. The van der Waals surface area contributed by atoms with E-state index in [9.17, 15) is 9.90 Å². The number of aliphatic hydroxyl groups is 1. The van der Waals surface area contributed by atoms with Crippen molar-refractivity contribution in [3.05, 3.63) is 0 Å². The number of likely N-dealkylation sites (tertiary alicyclic amines) is 2. The normalized spacial score (nSPS) is 32.1.